The molecule has 1 N–H and O–H groups in total. The van der Waals surface area contributed by atoms with E-state index in [9.17, 15) is 0 Å². The van der Waals surface area contributed by atoms with Gasteiger partial charge in [0.15, 0.2) is 11.5 Å². The molecule has 6 heteroatoms. The van der Waals surface area contributed by atoms with Gasteiger partial charge in [0, 0.05) is 25.1 Å². The summed E-state index contributed by atoms with van der Waals surface area (Å²) in [5.41, 5.74) is 1.11. The number of ether oxygens (including phenoxy) is 2. The molecule has 0 fully saturated rings. The lowest BCUT2D eigenvalue weighted by Crippen LogP contribution is -2.21. The molecule has 0 amide bonds. The van der Waals surface area contributed by atoms with E-state index in [2.05, 4.69) is 33.1 Å². The minimum Gasteiger partial charge on any atom is -0.454 e. The Balaban J connectivity index is 1.48. The minimum absolute atomic E-state index is 0.155. The van der Waals surface area contributed by atoms with Crippen LogP contribution in [0, 0.1) is 0 Å². The second-order valence-electron chi connectivity index (χ2n) is 5.48. The predicted octanol–water partition coefficient (Wildman–Crippen LogP) is 1.80. The van der Waals surface area contributed by atoms with Crippen molar-refractivity contribution in [3.8, 4) is 11.5 Å². The molecule has 1 aromatic carbocycles. The van der Waals surface area contributed by atoms with Crippen LogP contribution in [0.1, 0.15) is 36.6 Å². The van der Waals surface area contributed by atoms with Gasteiger partial charge in [-0.05, 0) is 19.4 Å². The van der Waals surface area contributed by atoms with Gasteiger partial charge >= 0.3 is 0 Å². The number of aromatic nitrogens is 3. The Morgan fingerprint density at radius 3 is 3.24 bits per heavy atom. The van der Waals surface area contributed by atoms with Crippen LogP contribution in [0.25, 0.3) is 0 Å². The number of nitrogens with one attached hydrogen (secondary N) is 1. The van der Waals surface area contributed by atoms with Gasteiger partial charge in [0.05, 0.1) is 6.04 Å². The van der Waals surface area contributed by atoms with Crippen LogP contribution in [0.15, 0.2) is 18.2 Å². The normalized spacial score (nSPS) is 17.0. The quantitative estimate of drug-likeness (QED) is 0.928. The number of para-hydroxylation sites is 1. The second-order valence-corrected chi connectivity index (χ2v) is 5.48. The van der Waals surface area contributed by atoms with Crippen LogP contribution in [0.3, 0.4) is 0 Å². The third kappa shape index (κ3) is 2.15. The third-order valence-corrected chi connectivity index (χ3v) is 4.10. The fourth-order valence-corrected chi connectivity index (χ4v) is 2.98. The summed E-state index contributed by atoms with van der Waals surface area (Å²) in [4.78, 5) is 0. The van der Waals surface area contributed by atoms with Gasteiger partial charge in [0.2, 0.25) is 6.79 Å². The first-order valence-corrected chi connectivity index (χ1v) is 7.36. The Morgan fingerprint density at radius 1 is 1.33 bits per heavy atom. The third-order valence-electron chi connectivity index (χ3n) is 4.10. The molecule has 0 saturated carbocycles. The van der Waals surface area contributed by atoms with Gasteiger partial charge in [-0.2, -0.15) is 0 Å². The Morgan fingerprint density at radius 2 is 2.29 bits per heavy atom. The average molecular weight is 286 g/mol. The van der Waals surface area contributed by atoms with Crippen molar-refractivity contribution < 1.29 is 9.47 Å². The molecule has 0 spiro atoms. The van der Waals surface area contributed by atoms with E-state index in [0.717, 1.165) is 48.2 Å². The van der Waals surface area contributed by atoms with E-state index in [1.54, 1.807) is 0 Å². The molecule has 4 rings (SSSR count). The number of benzene rings is 1. The second kappa shape index (κ2) is 5.04. The van der Waals surface area contributed by atoms with Crippen LogP contribution in [0.2, 0.25) is 0 Å². The lowest BCUT2D eigenvalue weighted by Gasteiger charge is -2.14. The summed E-state index contributed by atoms with van der Waals surface area (Å²) in [6.45, 7) is 4.17. The molecular formula is C15H18N4O2. The zero-order chi connectivity index (χ0) is 14.2. The molecule has 0 aliphatic carbocycles. The summed E-state index contributed by atoms with van der Waals surface area (Å²) in [6.07, 6.45) is 2.21. The van der Waals surface area contributed by atoms with Crippen LogP contribution >= 0.6 is 0 Å². The van der Waals surface area contributed by atoms with E-state index in [1.165, 1.54) is 6.42 Å². The van der Waals surface area contributed by atoms with Gasteiger partial charge in [0.25, 0.3) is 0 Å². The van der Waals surface area contributed by atoms with Crippen molar-refractivity contribution in [3.63, 3.8) is 0 Å². The standard InChI is InChI=1S/C15H18N4O2/c1-10(15-18-17-13-6-3-7-19(13)15)16-8-11-4-2-5-12-14(11)21-9-20-12/h2,4-5,10,16H,3,6-9H2,1H3. The molecule has 0 bridgehead atoms. The molecular weight excluding hydrogens is 268 g/mol. The van der Waals surface area contributed by atoms with Gasteiger partial charge in [-0.1, -0.05) is 12.1 Å². The monoisotopic (exact) mass is 286 g/mol. The van der Waals surface area contributed by atoms with Crippen LogP contribution in [0.5, 0.6) is 11.5 Å². The van der Waals surface area contributed by atoms with Crippen molar-refractivity contribution in [2.24, 2.45) is 0 Å². The highest BCUT2D eigenvalue weighted by atomic mass is 16.7. The Hall–Kier alpha value is -2.08. The number of aryl methyl sites for hydroxylation is 1. The van der Waals surface area contributed by atoms with E-state index in [4.69, 9.17) is 9.47 Å². The van der Waals surface area contributed by atoms with Crippen LogP contribution in [-0.4, -0.2) is 21.6 Å². The van der Waals surface area contributed by atoms with Crippen molar-refractivity contribution in [2.45, 2.75) is 38.9 Å². The molecule has 2 aliphatic rings. The number of hydrogen-bond donors (Lipinski definition) is 1. The average Bonchev–Trinajstić information content (AvgIpc) is 3.19. The fraction of sp³-hybridized carbons (Fsp3) is 0.467. The van der Waals surface area contributed by atoms with Crippen molar-refractivity contribution in [1.82, 2.24) is 20.1 Å². The maximum absolute atomic E-state index is 5.53. The van der Waals surface area contributed by atoms with Gasteiger partial charge in [-0.3, -0.25) is 0 Å². The Labute approximate surface area is 123 Å². The fourth-order valence-electron chi connectivity index (χ4n) is 2.98. The highest BCUT2D eigenvalue weighted by Crippen LogP contribution is 2.35. The molecule has 2 aliphatic heterocycles. The molecule has 3 heterocycles. The number of hydrogen-bond acceptors (Lipinski definition) is 5. The lowest BCUT2D eigenvalue weighted by atomic mass is 10.1. The molecule has 1 aromatic heterocycles. The summed E-state index contributed by atoms with van der Waals surface area (Å²) in [5, 5.41) is 12.1. The van der Waals surface area contributed by atoms with E-state index < -0.39 is 0 Å². The smallest absolute Gasteiger partial charge is 0.231 e. The summed E-state index contributed by atoms with van der Waals surface area (Å²) in [5.74, 6) is 3.80. The first-order chi connectivity index (χ1) is 10.3. The van der Waals surface area contributed by atoms with Gasteiger partial charge in [-0.25, -0.2) is 0 Å². The Bertz CT molecular complexity index is 668. The largest absolute Gasteiger partial charge is 0.454 e. The van der Waals surface area contributed by atoms with Crippen LogP contribution < -0.4 is 14.8 Å². The van der Waals surface area contributed by atoms with Gasteiger partial charge in [-0.15, -0.1) is 10.2 Å². The summed E-state index contributed by atoms with van der Waals surface area (Å²) in [7, 11) is 0. The van der Waals surface area contributed by atoms with E-state index >= 15 is 0 Å². The topological polar surface area (TPSA) is 61.2 Å². The van der Waals surface area contributed by atoms with E-state index in [0.29, 0.717) is 6.79 Å². The minimum atomic E-state index is 0.155. The van der Waals surface area contributed by atoms with Crippen molar-refractivity contribution >= 4 is 0 Å². The molecule has 1 unspecified atom stereocenters. The number of fused-ring (bicyclic) bond motifs is 2. The maximum Gasteiger partial charge on any atom is 0.231 e. The number of nitrogens with zero attached hydrogens (tertiary/aromatic N) is 3. The molecule has 2 aromatic rings. The van der Waals surface area contributed by atoms with Gasteiger partial charge in [0.1, 0.15) is 11.6 Å². The van der Waals surface area contributed by atoms with Crippen LogP contribution in [-0.2, 0) is 19.5 Å². The number of rotatable bonds is 4. The summed E-state index contributed by atoms with van der Waals surface area (Å²) >= 11 is 0. The molecule has 0 saturated heterocycles. The van der Waals surface area contributed by atoms with Gasteiger partial charge < -0.3 is 19.4 Å². The highest BCUT2D eigenvalue weighted by molar-refractivity contribution is 5.48. The molecule has 0 radical (unpaired) electrons. The van der Waals surface area contributed by atoms with Crippen molar-refractivity contribution in [1.29, 1.82) is 0 Å². The molecule has 21 heavy (non-hydrogen) atoms. The zero-order valence-electron chi connectivity index (χ0n) is 12.0. The van der Waals surface area contributed by atoms with Crippen molar-refractivity contribution in [2.75, 3.05) is 6.79 Å². The molecule has 6 nitrogen and oxygen atoms in total. The Kier molecular flexibility index (Phi) is 3.03. The summed E-state index contributed by atoms with van der Waals surface area (Å²) in [6, 6.07) is 6.13. The maximum atomic E-state index is 5.53. The van der Waals surface area contributed by atoms with E-state index in [-0.39, 0.29) is 6.04 Å². The first-order valence-electron chi connectivity index (χ1n) is 7.36. The summed E-state index contributed by atoms with van der Waals surface area (Å²) < 4.78 is 13.2. The molecule has 110 valence electrons. The zero-order valence-corrected chi connectivity index (χ0v) is 12.0. The van der Waals surface area contributed by atoms with Crippen LogP contribution in [0.4, 0.5) is 0 Å². The lowest BCUT2D eigenvalue weighted by molar-refractivity contribution is 0.173. The van der Waals surface area contributed by atoms with Crippen molar-refractivity contribution in [3.05, 3.63) is 35.4 Å². The highest BCUT2D eigenvalue weighted by Gasteiger charge is 2.22. The van der Waals surface area contributed by atoms with E-state index in [1.807, 2.05) is 12.1 Å². The first kappa shape index (κ1) is 12.6. The SMILES string of the molecule is CC(NCc1cccc2c1OCO2)c1nnc2n1CCC2. The molecule has 1 atom stereocenters. The predicted molar refractivity (Wildman–Crippen MR) is 76.2 cm³/mol.